The highest BCUT2D eigenvalue weighted by Gasteiger charge is 2.27. The standard InChI is InChI=1S/C84H82N2/c1-5-23-61(2)68-42-47-78(48-43-68)86(80-51-53-82(63(4)55-80)81-52-46-74(54-62(81)3)84(72-30-15-8-16-31-72)59-64-24-11-6-12-25-64)79-37-22-27-67(58-79)56-66-26-21-32-73(57-66)83(71-28-13-7-14-29-71)60-65-38-40-69(41-39-65)70-44-49-77(50-45-70)85(75-33-17-9-18-34-75)76-35-19-10-20-36-76/h6-22,24-38,40-42,44-51,53-55,57-58,61,65,68,81,83-84H,5,23,39,43,52,56,59-60H2,1-4H3. The molecule has 3 aliphatic rings. The van der Waals surface area contributed by atoms with E-state index < -0.39 is 0 Å². The first-order valence-corrected chi connectivity index (χ1v) is 31.7. The maximum absolute atomic E-state index is 2.53. The van der Waals surface area contributed by atoms with Gasteiger partial charge in [-0.1, -0.05) is 257 Å². The smallest absolute Gasteiger partial charge is 0.0464 e. The SMILES string of the molecule is CCCC(C)C1C=CC(N(c2cccc(Cc3cccc(C(CC4C=CC(c5ccc(N(c6ccccc6)c6ccccc6)cc5)=CC4)c4ccccc4)c3)c2)c2ccc(C3CC=C(C(Cc4ccccc4)c4ccccc4)C=C3C)c(C)c2)=CC1. The van der Waals surface area contributed by atoms with Crippen LogP contribution in [-0.4, -0.2) is 0 Å². The van der Waals surface area contributed by atoms with Crippen molar-refractivity contribution in [1.82, 2.24) is 0 Å². The molecule has 9 aromatic rings. The highest BCUT2D eigenvalue weighted by atomic mass is 15.1. The van der Waals surface area contributed by atoms with Crippen molar-refractivity contribution >= 4 is 34.0 Å². The van der Waals surface area contributed by atoms with E-state index in [2.05, 4.69) is 329 Å². The molecule has 0 amide bonds. The van der Waals surface area contributed by atoms with Gasteiger partial charge in [0.2, 0.25) is 0 Å². The Bertz CT molecular complexity index is 3840. The molecule has 0 heterocycles. The molecule has 6 atom stereocenters. The Morgan fingerprint density at radius 3 is 1.65 bits per heavy atom. The first-order chi connectivity index (χ1) is 42.3. The molecule has 86 heavy (non-hydrogen) atoms. The lowest BCUT2D eigenvalue weighted by atomic mass is 9.77. The fourth-order valence-electron chi connectivity index (χ4n) is 13.8. The molecular formula is C84H82N2. The van der Waals surface area contributed by atoms with Crippen molar-refractivity contribution in [2.45, 2.75) is 96.8 Å². The molecule has 12 rings (SSSR count). The molecule has 428 valence electrons. The van der Waals surface area contributed by atoms with Gasteiger partial charge in [0.25, 0.3) is 0 Å². The summed E-state index contributed by atoms with van der Waals surface area (Å²) in [5, 5.41) is 0. The average molecular weight is 1120 g/mol. The summed E-state index contributed by atoms with van der Waals surface area (Å²) in [6.07, 6.45) is 28.1. The van der Waals surface area contributed by atoms with Gasteiger partial charge in [-0.2, -0.15) is 0 Å². The molecule has 2 nitrogen and oxygen atoms in total. The number of aryl methyl sites for hydroxylation is 1. The van der Waals surface area contributed by atoms with Crippen molar-refractivity contribution in [3.8, 4) is 0 Å². The summed E-state index contributed by atoms with van der Waals surface area (Å²) in [6, 6.07) is 89.7. The normalized spacial score (nSPS) is 17.6. The topological polar surface area (TPSA) is 6.48 Å². The Labute approximate surface area is 513 Å². The Morgan fingerprint density at radius 1 is 0.465 bits per heavy atom. The maximum atomic E-state index is 2.53. The third-order valence-corrected chi connectivity index (χ3v) is 18.5. The van der Waals surface area contributed by atoms with Crippen LogP contribution in [0.3, 0.4) is 0 Å². The van der Waals surface area contributed by atoms with E-state index in [0.29, 0.717) is 29.6 Å². The second-order valence-electron chi connectivity index (χ2n) is 24.4. The number of rotatable bonds is 21. The van der Waals surface area contributed by atoms with E-state index in [1.165, 1.54) is 96.7 Å². The van der Waals surface area contributed by atoms with Gasteiger partial charge in [-0.25, -0.2) is 0 Å². The number of para-hydroxylation sites is 2. The van der Waals surface area contributed by atoms with Gasteiger partial charge in [0.05, 0.1) is 0 Å². The molecule has 0 bridgehead atoms. The highest BCUT2D eigenvalue weighted by Crippen LogP contribution is 2.44. The molecule has 0 spiro atoms. The molecule has 2 heteroatoms. The summed E-state index contributed by atoms with van der Waals surface area (Å²) in [6.45, 7) is 9.42. The minimum Gasteiger partial charge on any atom is -0.311 e. The quantitative estimate of drug-likeness (QED) is 0.0707. The molecule has 0 saturated carbocycles. The van der Waals surface area contributed by atoms with Crippen LogP contribution in [0, 0.1) is 24.7 Å². The van der Waals surface area contributed by atoms with Gasteiger partial charge in [-0.05, 0) is 198 Å². The van der Waals surface area contributed by atoms with Gasteiger partial charge in [0, 0.05) is 51.9 Å². The first kappa shape index (κ1) is 57.5. The Kier molecular flexibility index (Phi) is 18.3. The van der Waals surface area contributed by atoms with Crippen LogP contribution in [0.15, 0.2) is 308 Å². The fourth-order valence-corrected chi connectivity index (χ4v) is 13.8. The molecule has 6 unspecified atom stereocenters. The zero-order valence-electron chi connectivity index (χ0n) is 50.7. The zero-order valence-corrected chi connectivity index (χ0v) is 50.7. The van der Waals surface area contributed by atoms with Crippen LogP contribution in [0.2, 0.25) is 0 Å². The molecule has 0 aliphatic heterocycles. The van der Waals surface area contributed by atoms with E-state index in [0.717, 1.165) is 55.6 Å². The van der Waals surface area contributed by atoms with Crippen LogP contribution in [-0.2, 0) is 12.8 Å². The highest BCUT2D eigenvalue weighted by molar-refractivity contribution is 5.80. The molecule has 0 aromatic heterocycles. The van der Waals surface area contributed by atoms with Gasteiger partial charge >= 0.3 is 0 Å². The van der Waals surface area contributed by atoms with Gasteiger partial charge in [-0.3, -0.25) is 0 Å². The summed E-state index contributed by atoms with van der Waals surface area (Å²) in [7, 11) is 0. The summed E-state index contributed by atoms with van der Waals surface area (Å²) >= 11 is 0. The number of benzene rings is 9. The molecule has 3 aliphatic carbocycles. The molecule has 0 fully saturated rings. The maximum Gasteiger partial charge on any atom is 0.0464 e. The van der Waals surface area contributed by atoms with Gasteiger partial charge in [0.1, 0.15) is 0 Å². The van der Waals surface area contributed by atoms with Crippen LogP contribution in [0.5, 0.6) is 0 Å². The second kappa shape index (κ2) is 27.4. The minimum atomic E-state index is 0.265. The van der Waals surface area contributed by atoms with Gasteiger partial charge < -0.3 is 9.80 Å². The summed E-state index contributed by atoms with van der Waals surface area (Å²) in [5.41, 5.74) is 23.4. The largest absolute Gasteiger partial charge is 0.311 e. The lowest BCUT2D eigenvalue weighted by Gasteiger charge is -2.32. The Morgan fingerprint density at radius 2 is 1.03 bits per heavy atom. The number of hydrogen-bond donors (Lipinski definition) is 0. The minimum absolute atomic E-state index is 0.265. The first-order valence-electron chi connectivity index (χ1n) is 31.7. The third-order valence-electron chi connectivity index (χ3n) is 18.5. The van der Waals surface area contributed by atoms with Crippen LogP contribution >= 0.6 is 0 Å². The molecule has 0 N–H and O–H groups in total. The fraction of sp³-hybridized carbons (Fsp3) is 0.214. The number of hydrogen-bond acceptors (Lipinski definition) is 2. The number of anilines is 5. The van der Waals surface area contributed by atoms with Crippen molar-refractivity contribution in [1.29, 1.82) is 0 Å². The Balaban J connectivity index is 0.773. The van der Waals surface area contributed by atoms with Crippen LogP contribution in [0.4, 0.5) is 28.4 Å². The van der Waals surface area contributed by atoms with Gasteiger partial charge in [0.15, 0.2) is 0 Å². The van der Waals surface area contributed by atoms with Crippen molar-refractivity contribution in [2.75, 3.05) is 9.80 Å². The Hall–Kier alpha value is -8.98. The van der Waals surface area contributed by atoms with Gasteiger partial charge in [-0.15, -0.1) is 0 Å². The van der Waals surface area contributed by atoms with E-state index in [1.54, 1.807) is 0 Å². The van der Waals surface area contributed by atoms with E-state index >= 15 is 0 Å². The van der Waals surface area contributed by atoms with Crippen LogP contribution in [0.25, 0.3) is 5.57 Å². The predicted octanol–water partition coefficient (Wildman–Crippen LogP) is 22.7. The van der Waals surface area contributed by atoms with E-state index in [9.17, 15) is 0 Å². The average Bonchev–Trinajstić information content (AvgIpc) is 2.03. The third kappa shape index (κ3) is 13.6. The van der Waals surface area contributed by atoms with E-state index in [1.807, 2.05) is 0 Å². The lowest BCUT2D eigenvalue weighted by molar-refractivity contribution is 0.397. The van der Waals surface area contributed by atoms with Crippen LogP contribution < -0.4 is 9.80 Å². The zero-order chi connectivity index (χ0) is 58.6. The summed E-state index contributed by atoms with van der Waals surface area (Å²) in [4.78, 5) is 4.84. The van der Waals surface area contributed by atoms with E-state index in [-0.39, 0.29) is 5.92 Å². The second-order valence-corrected chi connectivity index (χ2v) is 24.4. The molecule has 0 saturated heterocycles. The van der Waals surface area contributed by atoms with E-state index in [4.69, 9.17) is 0 Å². The molecule has 9 aromatic carbocycles. The summed E-state index contributed by atoms with van der Waals surface area (Å²) < 4.78 is 0. The summed E-state index contributed by atoms with van der Waals surface area (Å²) in [5.74, 6) is 2.54. The van der Waals surface area contributed by atoms with Crippen molar-refractivity contribution in [2.24, 2.45) is 17.8 Å². The van der Waals surface area contributed by atoms with Crippen LogP contribution in [0.1, 0.15) is 127 Å². The lowest BCUT2D eigenvalue weighted by Crippen LogP contribution is -2.20. The number of nitrogens with zero attached hydrogens (tertiary/aromatic N) is 2. The van der Waals surface area contributed by atoms with Crippen molar-refractivity contribution in [3.05, 3.63) is 358 Å². The molecular weight excluding hydrogens is 1040 g/mol. The monoisotopic (exact) mass is 1120 g/mol. The predicted molar refractivity (Wildman–Crippen MR) is 366 cm³/mol. The molecule has 0 radical (unpaired) electrons. The van der Waals surface area contributed by atoms with Crippen molar-refractivity contribution in [3.63, 3.8) is 0 Å². The number of allylic oxidation sites excluding steroid dienone is 11. The van der Waals surface area contributed by atoms with Crippen molar-refractivity contribution < 1.29 is 0 Å².